The molecule has 5 nitrogen and oxygen atoms in total. The molecule has 0 aliphatic heterocycles. The molecule has 0 amide bonds. The molecule has 12 aromatic rings. The van der Waals surface area contributed by atoms with Crippen LogP contribution in [0.1, 0.15) is 48.0 Å². The zero-order valence-electron chi connectivity index (χ0n) is 64.7. The van der Waals surface area contributed by atoms with Gasteiger partial charge in [0.1, 0.15) is 0 Å². The van der Waals surface area contributed by atoms with Gasteiger partial charge in [0.2, 0.25) is 0 Å². The maximum absolute atomic E-state index is 9.96. The van der Waals surface area contributed by atoms with Crippen molar-refractivity contribution in [2.45, 2.75) is 0 Å². The molecule has 0 spiro atoms. The SMILES string of the molecule is [2H]c1c([2H])c([2H])c(-c2nc(-c3c([2H])c([2H])c(-n4c5c([2H])c([2H])c([2H])c([2H])c5c5c([2H])c(-c6c([2H])c([2H])c7c(c6[2H])c6c([2H])c([2H])c([2H])c([2H])c6n7-c6c([2H])c([2H])c([2H])c([2H])c6[2H])c([2H])c([2H])c54)c([2H])c3[2H])nc(-c3c([2H])c([2H])c4c([2H])c([2H])c([2H])c([2H])c4c3[2H])n2)c([2H])c1[2H]. The minimum Gasteiger partial charge on any atom is -0.309 e. The fraction of sp³-hybridized carbons (Fsp3) is 0. The number of fused-ring (bicyclic) bond motifs is 7. The average molecular weight is 801 g/mol. The Morgan fingerprint density at radius 1 is 0.283 bits per heavy atom. The Balaban J connectivity index is 1.19. The Kier molecular flexibility index (Phi) is 3.21. The summed E-state index contributed by atoms with van der Waals surface area (Å²) in [6.45, 7) is 0. The van der Waals surface area contributed by atoms with Crippen LogP contribution < -0.4 is 0 Å². The van der Waals surface area contributed by atoms with E-state index in [1.165, 1.54) is 0 Å². The van der Waals surface area contributed by atoms with Gasteiger partial charge in [-0.15, -0.1) is 0 Å². The van der Waals surface area contributed by atoms with Crippen molar-refractivity contribution in [2.24, 2.45) is 0 Å². The number of para-hydroxylation sites is 3. The van der Waals surface area contributed by atoms with E-state index in [4.69, 9.17) is 30.2 Å². The summed E-state index contributed by atoms with van der Waals surface area (Å²) in [5.41, 5.74) is -8.90. The van der Waals surface area contributed by atoms with Gasteiger partial charge in [0.15, 0.2) is 17.5 Å². The third-order valence-electron chi connectivity index (χ3n) is 9.17. The smallest absolute Gasteiger partial charge is 0.164 e. The summed E-state index contributed by atoms with van der Waals surface area (Å²) in [5.74, 6) is -2.76. The van der Waals surface area contributed by atoms with Gasteiger partial charge >= 0.3 is 0 Å². The van der Waals surface area contributed by atoms with Crippen LogP contribution in [0.3, 0.4) is 0 Å². The molecule has 3 heterocycles. The van der Waals surface area contributed by atoms with Gasteiger partial charge in [-0.05, 0) is 100 Å². The molecule has 0 saturated heterocycles. The van der Waals surface area contributed by atoms with Gasteiger partial charge in [-0.2, -0.15) is 0 Å². The lowest BCUT2D eigenvalue weighted by Gasteiger charge is -2.11. The molecule has 0 aliphatic carbocycles. The monoisotopic (exact) mass is 801 g/mol. The fourth-order valence-corrected chi connectivity index (χ4v) is 6.58. The summed E-state index contributed by atoms with van der Waals surface area (Å²) in [7, 11) is 0. The Hall–Kier alpha value is -8.15. The summed E-state index contributed by atoms with van der Waals surface area (Å²) < 4.78 is 316. The second-order valence-electron chi connectivity index (χ2n) is 12.6. The van der Waals surface area contributed by atoms with E-state index >= 15 is 0 Å². The summed E-state index contributed by atoms with van der Waals surface area (Å²) in [6, 6.07) is -34.0. The standard InChI is InChI=1S/C55H35N5/c1-3-14-37(15-4-1)53-56-54(58-55(57-53)42-24-23-36-13-7-8-16-39(36)33-42)38-25-29-44(30-26-38)60-50-22-12-10-20-46(50)48-35-41(28-32-52(48)60)40-27-31-51-47(34-40)45-19-9-11-21-49(45)59(51)43-17-5-2-6-18-43/h1-35H/i1D,2D,3D,4D,5D,6D,7D,8D,9D,10D,11D,12D,13D,14D,15D,16D,17D,18D,19D,20D,21D,22D,23D,24D,25D,26D,27D,28D,29D,30D,31D,32D,33D,34D,35D. The fourth-order valence-electron chi connectivity index (χ4n) is 6.58. The van der Waals surface area contributed by atoms with E-state index in [9.17, 15) is 17.8 Å². The third kappa shape index (κ3) is 5.59. The van der Waals surface area contributed by atoms with E-state index in [2.05, 4.69) is 15.0 Å². The Bertz CT molecular complexity index is 5590. The summed E-state index contributed by atoms with van der Waals surface area (Å²) in [5, 5.41) is -3.87. The molecule has 0 fully saturated rings. The topological polar surface area (TPSA) is 48.5 Å². The van der Waals surface area contributed by atoms with Gasteiger partial charge in [0, 0.05) is 49.6 Å². The normalized spacial score (nSPS) is 19.8. The van der Waals surface area contributed by atoms with Gasteiger partial charge in [-0.3, -0.25) is 0 Å². The molecule has 12 rings (SSSR count). The lowest BCUT2D eigenvalue weighted by molar-refractivity contribution is 1.07. The van der Waals surface area contributed by atoms with Crippen LogP contribution in [0.2, 0.25) is 0 Å². The molecule has 3 aromatic heterocycles. The predicted octanol–water partition coefficient (Wildman–Crippen LogP) is 13.9. The Morgan fingerprint density at radius 3 is 1.30 bits per heavy atom. The molecule has 0 atom stereocenters. The molecule has 0 saturated carbocycles. The van der Waals surface area contributed by atoms with Gasteiger partial charge in [-0.25, -0.2) is 15.0 Å². The van der Waals surface area contributed by atoms with Gasteiger partial charge < -0.3 is 9.13 Å². The maximum Gasteiger partial charge on any atom is 0.164 e. The predicted molar refractivity (Wildman–Crippen MR) is 248 cm³/mol. The third-order valence-corrected chi connectivity index (χ3v) is 9.17. The quantitative estimate of drug-likeness (QED) is 0.168. The zero-order valence-corrected chi connectivity index (χ0v) is 29.7. The highest BCUT2D eigenvalue weighted by Gasteiger charge is 2.17. The highest BCUT2D eigenvalue weighted by atomic mass is 15.0. The van der Waals surface area contributed by atoms with Crippen LogP contribution in [0.15, 0.2) is 211 Å². The maximum atomic E-state index is 9.96. The minimum absolute atomic E-state index is 0.578. The lowest BCUT2D eigenvalue weighted by Crippen LogP contribution is -2.00. The molecule has 9 aromatic carbocycles. The van der Waals surface area contributed by atoms with Gasteiger partial charge in [-0.1, -0.05) is 133 Å². The van der Waals surface area contributed by atoms with Crippen molar-refractivity contribution in [1.82, 2.24) is 24.1 Å². The van der Waals surface area contributed by atoms with Gasteiger partial charge in [0.25, 0.3) is 0 Å². The highest BCUT2D eigenvalue weighted by Crippen LogP contribution is 2.38. The number of aromatic nitrogens is 5. The Labute approximate surface area is 395 Å². The van der Waals surface area contributed by atoms with Crippen molar-refractivity contribution < 1.29 is 48.0 Å². The number of benzene rings is 9. The van der Waals surface area contributed by atoms with Crippen molar-refractivity contribution in [1.29, 1.82) is 0 Å². The first-order valence-corrected chi connectivity index (χ1v) is 17.4. The van der Waals surface area contributed by atoms with Crippen molar-refractivity contribution in [3.05, 3.63) is 211 Å². The van der Waals surface area contributed by atoms with Crippen LogP contribution in [0.25, 0.3) is 111 Å². The van der Waals surface area contributed by atoms with E-state index in [0.717, 1.165) is 0 Å². The van der Waals surface area contributed by atoms with Crippen LogP contribution in [0.4, 0.5) is 0 Å². The molecule has 0 bridgehead atoms. The first-order chi connectivity index (χ1) is 44.3. The van der Waals surface area contributed by atoms with Gasteiger partial charge in [0.05, 0.1) is 70.0 Å². The van der Waals surface area contributed by atoms with Crippen LogP contribution in [-0.4, -0.2) is 24.1 Å². The average Bonchev–Trinajstić information content (AvgIpc) is 1.55. The summed E-state index contributed by atoms with van der Waals surface area (Å²) in [6.07, 6.45) is 0. The largest absolute Gasteiger partial charge is 0.309 e. The number of nitrogens with zero attached hydrogens (tertiary/aromatic N) is 5. The second kappa shape index (κ2) is 13.8. The molecule has 5 heteroatoms. The van der Waals surface area contributed by atoms with Crippen LogP contribution in [0, 0.1) is 0 Å². The lowest BCUT2D eigenvalue weighted by atomic mass is 10.0. The molecule has 0 radical (unpaired) electrons. The first kappa shape index (κ1) is 14.0. The minimum atomic E-state index is -1.18. The molecular formula is C55H35N5. The Morgan fingerprint density at radius 2 is 0.700 bits per heavy atom. The van der Waals surface area contributed by atoms with E-state index in [1.807, 2.05) is 0 Å². The molecule has 0 aliphatic rings. The molecule has 0 N–H and O–H groups in total. The van der Waals surface area contributed by atoms with Crippen LogP contribution in [-0.2, 0) is 0 Å². The van der Waals surface area contributed by atoms with Crippen LogP contribution >= 0.6 is 0 Å². The molecule has 60 heavy (non-hydrogen) atoms. The van der Waals surface area contributed by atoms with Crippen molar-refractivity contribution >= 4 is 54.4 Å². The van der Waals surface area contributed by atoms with Crippen molar-refractivity contribution in [2.75, 3.05) is 0 Å². The van der Waals surface area contributed by atoms with Crippen molar-refractivity contribution in [3.8, 4) is 56.7 Å². The van der Waals surface area contributed by atoms with Crippen LogP contribution in [0.5, 0.6) is 0 Å². The summed E-state index contributed by atoms with van der Waals surface area (Å²) >= 11 is 0. The van der Waals surface area contributed by atoms with E-state index < -0.39 is 323 Å². The molecule has 280 valence electrons. The highest BCUT2D eigenvalue weighted by molar-refractivity contribution is 6.12. The first-order valence-electron chi connectivity index (χ1n) is 34.9. The molecular weight excluding hydrogens is 731 g/mol. The van der Waals surface area contributed by atoms with Crippen molar-refractivity contribution in [3.63, 3.8) is 0 Å². The number of hydrogen-bond donors (Lipinski definition) is 0. The number of hydrogen-bond acceptors (Lipinski definition) is 3. The van der Waals surface area contributed by atoms with E-state index in [0.29, 0.717) is 9.13 Å². The van der Waals surface area contributed by atoms with E-state index in [1.54, 1.807) is 0 Å². The van der Waals surface area contributed by atoms with E-state index in [-0.39, 0.29) is 0 Å². The second-order valence-corrected chi connectivity index (χ2v) is 12.6. The zero-order chi connectivity index (χ0) is 70.0. The number of rotatable bonds is 6. The molecule has 0 unspecified atom stereocenters. The summed E-state index contributed by atoms with van der Waals surface area (Å²) in [4.78, 5) is 12.8.